The zero-order valence-corrected chi connectivity index (χ0v) is 25.8. The van der Waals surface area contributed by atoms with Crippen LogP contribution in [0, 0.1) is 5.41 Å². The summed E-state index contributed by atoms with van der Waals surface area (Å²) in [4.78, 5) is 28.7. The number of rotatable bonds is 8. The molecule has 1 amide bonds. The van der Waals surface area contributed by atoms with Crippen LogP contribution in [0.2, 0.25) is 31.2 Å². The molecular formula is C27H45NO5Si2. The molecule has 8 heteroatoms. The Morgan fingerprint density at radius 2 is 1.66 bits per heavy atom. The molecule has 0 spiro atoms. The summed E-state index contributed by atoms with van der Waals surface area (Å²) < 4.78 is 17.4. The first-order chi connectivity index (χ1) is 16.0. The lowest BCUT2D eigenvalue weighted by Gasteiger charge is -2.65. The Morgan fingerprint density at radius 1 is 1.09 bits per heavy atom. The first-order valence-corrected chi connectivity index (χ1v) is 18.3. The fraction of sp³-hybridized carbons (Fsp3) is 0.630. The Morgan fingerprint density at radius 3 is 2.11 bits per heavy atom. The molecule has 1 aromatic carbocycles. The maximum atomic E-state index is 14.0. The van der Waals surface area contributed by atoms with Gasteiger partial charge in [0.2, 0.25) is 14.9 Å². The number of β-lactam (4-membered cyclic amide) rings is 1. The largest absolute Gasteiger partial charge is 0.552 e. The Balaban J connectivity index is 2.46. The third kappa shape index (κ3) is 6.20. The number of ether oxygens (including phenoxy) is 2. The van der Waals surface area contributed by atoms with Crippen LogP contribution in [0.3, 0.4) is 0 Å². The summed E-state index contributed by atoms with van der Waals surface area (Å²) in [5, 5.41) is -0.792. The fourth-order valence-electron chi connectivity index (χ4n) is 4.96. The lowest BCUT2D eigenvalue weighted by molar-refractivity contribution is -0.169. The maximum absolute atomic E-state index is 14.0. The summed E-state index contributed by atoms with van der Waals surface area (Å²) in [7, 11) is -3.06. The van der Waals surface area contributed by atoms with Crippen molar-refractivity contribution in [2.45, 2.75) is 104 Å². The van der Waals surface area contributed by atoms with Crippen LogP contribution in [0.1, 0.15) is 54.0 Å². The van der Waals surface area contributed by atoms with Gasteiger partial charge in [-0.05, 0) is 57.3 Å². The average molecular weight is 520 g/mol. The van der Waals surface area contributed by atoms with Gasteiger partial charge in [-0.2, -0.15) is 0 Å². The molecule has 6 nitrogen and oxygen atoms in total. The van der Waals surface area contributed by atoms with Gasteiger partial charge >= 0.3 is 6.16 Å². The Kier molecular flexibility index (Phi) is 9.09. The quantitative estimate of drug-likeness (QED) is 0.185. The second-order valence-corrected chi connectivity index (χ2v) is 17.8. The van der Waals surface area contributed by atoms with Crippen molar-refractivity contribution in [3.05, 3.63) is 47.7 Å². The van der Waals surface area contributed by atoms with Crippen LogP contribution in [-0.4, -0.2) is 52.5 Å². The number of carbonyl (C=O) groups excluding carboxylic acids is 2. The van der Waals surface area contributed by atoms with Gasteiger partial charge in [-0.15, -0.1) is 0 Å². The molecule has 0 aliphatic carbocycles. The second-order valence-electron chi connectivity index (χ2n) is 12.1. The number of hydrogen-bond donors (Lipinski definition) is 0. The van der Waals surface area contributed by atoms with Crippen LogP contribution in [0.15, 0.2) is 42.2 Å². The molecule has 196 valence electrons. The summed E-state index contributed by atoms with van der Waals surface area (Å²) in [6.07, 6.45) is 0.525. The van der Waals surface area contributed by atoms with E-state index >= 15 is 0 Å². The fourth-order valence-corrected chi connectivity index (χ4v) is 7.98. The van der Waals surface area contributed by atoms with Crippen LogP contribution < -0.4 is 0 Å². The summed E-state index contributed by atoms with van der Waals surface area (Å²) in [6, 6.07) is 9.27. The van der Waals surface area contributed by atoms with Crippen LogP contribution in [0.5, 0.6) is 0 Å². The van der Waals surface area contributed by atoms with E-state index in [1.54, 1.807) is 0 Å². The minimum absolute atomic E-state index is 0.0527. The highest BCUT2D eigenvalue weighted by Gasteiger charge is 2.70. The van der Waals surface area contributed by atoms with Crippen molar-refractivity contribution in [3.8, 4) is 0 Å². The summed E-state index contributed by atoms with van der Waals surface area (Å²) in [5.74, 6) is 0.0527. The normalized spacial score (nSPS) is 22.2. The van der Waals surface area contributed by atoms with Gasteiger partial charge in [0.05, 0.1) is 26.1 Å². The Hall–Kier alpha value is -2.07. The van der Waals surface area contributed by atoms with E-state index in [2.05, 4.69) is 67.7 Å². The van der Waals surface area contributed by atoms with E-state index in [0.29, 0.717) is 0 Å². The van der Waals surface area contributed by atoms with Gasteiger partial charge in [0, 0.05) is 5.54 Å². The molecule has 0 saturated carbocycles. The van der Waals surface area contributed by atoms with E-state index in [-0.39, 0.29) is 29.5 Å². The summed E-state index contributed by atoms with van der Waals surface area (Å²) in [6.45, 7) is 23.2. The maximum Gasteiger partial charge on any atom is 0.508 e. The number of likely N-dealkylation sites (tertiary alicyclic amines) is 1. The smallest absolute Gasteiger partial charge is 0.508 e. The van der Waals surface area contributed by atoms with Crippen molar-refractivity contribution in [2.75, 3.05) is 0 Å². The molecule has 0 radical (unpaired) electrons. The molecular weight excluding hydrogens is 474 g/mol. The molecule has 3 atom stereocenters. The molecule has 1 aliphatic heterocycles. The Bertz CT molecular complexity index is 918. The third-order valence-electron chi connectivity index (χ3n) is 6.75. The standard InChI is InChI=1S/C27H45NO5Si2/c1-19(33-24(30)31-17-20-15-13-12-14-16-20)27(34(8)9)22(28(23(27)29)26(5,6)7)21(25(2,3)4)18-32-35(10)11/h12-16,18-19,22,34-35H,17H2,1-11H3/b21-18+/t19?,22-,27+/m0/s1. The highest BCUT2D eigenvalue weighted by Crippen LogP contribution is 2.59. The van der Waals surface area contributed by atoms with E-state index in [9.17, 15) is 9.59 Å². The molecule has 1 unspecified atom stereocenters. The number of benzene rings is 1. The van der Waals surface area contributed by atoms with Crippen LogP contribution in [-0.2, 0) is 25.3 Å². The van der Waals surface area contributed by atoms with E-state index in [1.807, 2.05) is 48.4 Å². The zero-order valence-electron chi connectivity index (χ0n) is 23.5. The van der Waals surface area contributed by atoms with Crippen LogP contribution >= 0.6 is 0 Å². The van der Waals surface area contributed by atoms with Gasteiger partial charge in [0.15, 0.2) is 0 Å². The lowest BCUT2D eigenvalue weighted by Crippen LogP contribution is -2.77. The number of carbonyl (C=O) groups is 2. The number of nitrogens with zero attached hydrogens (tertiary/aromatic N) is 1. The van der Waals surface area contributed by atoms with Gasteiger partial charge in [0.25, 0.3) is 0 Å². The minimum Gasteiger partial charge on any atom is -0.552 e. The minimum atomic E-state index is -1.72. The molecule has 1 saturated heterocycles. The van der Waals surface area contributed by atoms with E-state index < -0.39 is 35.1 Å². The summed E-state index contributed by atoms with van der Waals surface area (Å²) in [5.41, 5.74) is 1.33. The van der Waals surface area contributed by atoms with Crippen molar-refractivity contribution < 1.29 is 23.5 Å². The van der Waals surface area contributed by atoms with Crippen molar-refractivity contribution >= 4 is 29.9 Å². The van der Waals surface area contributed by atoms with Crippen LogP contribution in [0.25, 0.3) is 0 Å². The lowest BCUT2D eigenvalue weighted by atomic mass is 9.68. The molecule has 1 aromatic rings. The first kappa shape index (κ1) is 29.2. The van der Waals surface area contributed by atoms with Crippen molar-refractivity contribution in [1.29, 1.82) is 0 Å². The molecule has 1 heterocycles. The van der Waals surface area contributed by atoms with Crippen molar-refractivity contribution in [3.63, 3.8) is 0 Å². The van der Waals surface area contributed by atoms with Gasteiger partial charge in [-0.3, -0.25) is 4.79 Å². The van der Waals surface area contributed by atoms with E-state index in [0.717, 1.165) is 11.1 Å². The first-order valence-electron chi connectivity index (χ1n) is 12.6. The highest BCUT2D eigenvalue weighted by atomic mass is 28.3. The van der Waals surface area contributed by atoms with E-state index in [4.69, 9.17) is 13.9 Å². The third-order valence-corrected chi connectivity index (χ3v) is 10.4. The molecule has 1 aliphatic rings. The predicted octanol–water partition coefficient (Wildman–Crippen LogP) is 5.89. The SMILES string of the molecule is CC(OC(=O)OCc1ccccc1)[C@]1([SiH](C)C)C(=O)N(C(C)(C)C)[C@H]1/C(=C\O[SiH](C)C)C(C)(C)C. The van der Waals surface area contributed by atoms with Gasteiger partial charge in [-0.25, -0.2) is 4.79 Å². The average Bonchev–Trinajstić information content (AvgIpc) is 2.70. The summed E-state index contributed by atoms with van der Waals surface area (Å²) >= 11 is 0. The van der Waals surface area contributed by atoms with Crippen LogP contribution in [0.4, 0.5) is 4.79 Å². The van der Waals surface area contributed by atoms with Gasteiger partial charge in [-0.1, -0.05) is 64.2 Å². The molecule has 1 fully saturated rings. The topological polar surface area (TPSA) is 65.1 Å². The molecule has 0 aromatic heterocycles. The second kappa shape index (κ2) is 10.9. The van der Waals surface area contributed by atoms with E-state index in [1.165, 1.54) is 0 Å². The molecule has 2 rings (SSSR count). The Labute approximate surface area is 215 Å². The predicted molar refractivity (Wildman–Crippen MR) is 147 cm³/mol. The van der Waals surface area contributed by atoms with Gasteiger partial charge < -0.3 is 18.8 Å². The molecule has 0 bridgehead atoms. The number of amides is 1. The van der Waals surface area contributed by atoms with Crippen molar-refractivity contribution in [2.24, 2.45) is 5.41 Å². The van der Waals surface area contributed by atoms with Crippen molar-refractivity contribution in [1.82, 2.24) is 4.90 Å². The molecule has 35 heavy (non-hydrogen) atoms. The van der Waals surface area contributed by atoms with Gasteiger partial charge in [0.1, 0.15) is 12.7 Å². The highest BCUT2D eigenvalue weighted by molar-refractivity contribution is 6.66. The zero-order chi connectivity index (χ0) is 26.8. The number of hydrogen-bond acceptors (Lipinski definition) is 5. The molecule has 0 N–H and O–H groups in total. The monoisotopic (exact) mass is 519 g/mol.